The van der Waals surface area contributed by atoms with Gasteiger partial charge in [-0.25, -0.2) is 4.98 Å². The molecule has 0 spiro atoms. The summed E-state index contributed by atoms with van der Waals surface area (Å²) in [6.07, 6.45) is 1.67. The topological polar surface area (TPSA) is 28.7 Å². The van der Waals surface area contributed by atoms with Crippen molar-refractivity contribution < 1.29 is 0 Å². The van der Waals surface area contributed by atoms with E-state index >= 15 is 0 Å². The summed E-state index contributed by atoms with van der Waals surface area (Å²) in [6, 6.07) is 4.05. The molecule has 0 aliphatic heterocycles. The lowest BCUT2D eigenvalue weighted by Crippen LogP contribution is -1.70. The van der Waals surface area contributed by atoms with Crippen molar-refractivity contribution in [1.29, 1.82) is 0 Å². The van der Waals surface area contributed by atoms with E-state index in [-0.39, 0.29) is 0 Å². The second-order valence-electron chi connectivity index (χ2n) is 2.17. The zero-order valence-corrected chi connectivity index (χ0v) is 9.83. The fraction of sp³-hybridized carbons (Fsp3) is 0. The zero-order chi connectivity index (χ0) is 8.55. The molecule has 0 fully saturated rings. The van der Waals surface area contributed by atoms with Crippen LogP contribution in [0.3, 0.4) is 0 Å². The van der Waals surface area contributed by atoms with Crippen LogP contribution in [0.5, 0.6) is 0 Å². The van der Waals surface area contributed by atoms with Crippen LogP contribution in [-0.4, -0.2) is 9.97 Å². The summed E-state index contributed by atoms with van der Waals surface area (Å²) >= 11 is 8.46. The molecule has 2 nitrogen and oxygen atoms in total. The number of aromatic nitrogens is 2. The van der Waals surface area contributed by atoms with E-state index in [0.717, 1.165) is 19.0 Å². The standard InChI is InChI=1S/C7H4Br2N2S/c8-5-2-1-4(12-5)6-7(9)11-3-10-6/h1-3H,(H,10,11). The van der Waals surface area contributed by atoms with Gasteiger partial charge in [0, 0.05) is 0 Å². The maximum atomic E-state index is 4.19. The number of halogens is 2. The van der Waals surface area contributed by atoms with Crippen molar-refractivity contribution in [1.82, 2.24) is 9.97 Å². The number of imidazole rings is 1. The third kappa shape index (κ3) is 1.48. The molecule has 62 valence electrons. The Morgan fingerprint density at radius 2 is 2.17 bits per heavy atom. The van der Waals surface area contributed by atoms with E-state index < -0.39 is 0 Å². The lowest BCUT2D eigenvalue weighted by atomic mass is 10.4. The minimum atomic E-state index is 0.928. The summed E-state index contributed by atoms with van der Waals surface area (Å²) < 4.78 is 2.05. The van der Waals surface area contributed by atoms with Gasteiger partial charge in [0.25, 0.3) is 0 Å². The molecular weight excluding hydrogens is 304 g/mol. The van der Waals surface area contributed by atoms with Gasteiger partial charge in [0.05, 0.1) is 15.0 Å². The van der Waals surface area contributed by atoms with Crippen LogP contribution in [0.15, 0.2) is 26.8 Å². The number of hydrogen-bond acceptors (Lipinski definition) is 2. The molecule has 0 amide bonds. The van der Waals surface area contributed by atoms with Crippen LogP contribution in [0.1, 0.15) is 0 Å². The smallest absolute Gasteiger partial charge is 0.113 e. The summed E-state index contributed by atoms with van der Waals surface area (Å²) in [7, 11) is 0. The molecule has 0 atom stereocenters. The Kier molecular flexibility index (Phi) is 2.34. The first kappa shape index (κ1) is 8.47. The van der Waals surface area contributed by atoms with Gasteiger partial charge >= 0.3 is 0 Å². The van der Waals surface area contributed by atoms with E-state index in [1.807, 2.05) is 12.1 Å². The van der Waals surface area contributed by atoms with Crippen molar-refractivity contribution in [2.45, 2.75) is 0 Å². The van der Waals surface area contributed by atoms with E-state index in [1.165, 1.54) is 0 Å². The fourth-order valence-electron chi connectivity index (χ4n) is 0.892. The molecule has 2 aromatic heterocycles. The van der Waals surface area contributed by atoms with E-state index in [4.69, 9.17) is 0 Å². The normalized spacial score (nSPS) is 10.5. The summed E-state index contributed by atoms with van der Waals surface area (Å²) in [5.41, 5.74) is 0.964. The van der Waals surface area contributed by atoms with Gasteiger partial charge in [-0.1, -0.05) is 0 Å². The van der Waals surface area contributed by atoms with Crippen LogP contribution in [-0.2, 0) is 0 Å². The SMILES string of the molecule is Brc1ccc(-c2nc[nH]c2Br)s1. The first-order chi connectivity index (χ1) is 5.77. The average Bonchev–Trinajstić information content (AvgIpc) is 2.58. The van der Waals surface area contributed by atoms with Crippen molar-refractivity contribution in [3.05, 3.63) is 26.8 Å². The minimum Gasteiger partial charge on any atom is -0.339 e. The molecule has 0 aliphatic rings. The van der Waals surface area contributed by atoms with Crippen molar-refractivity contribution in [3.63, 3.8) is 0 Å². The summed E-state index contributed by atoms with van der Waals surface area (Å²) in [5, 5.41) is 0. The number of rotatable bonds is 1. The Morgan fingerprint density at radius 1 is 1.33 bits per heavy atom. The first-order valence-corrected chi connectivity index (χ1v) is 5.62. The highest BCUT2D eigenvalue weighted by Crippen LogP contribution is 2.33. The zero-order valence-electron chi connectivity index (χ0n) is 5.84. The molecule has 5 heteroatoms. The Labute approximate surface area is 90.3 Å². The molecule has 0 saturated heterocycles. The quantitative estimate of drug-likeness (QED) is 0.855. The van der Waals surface area contributed by atoms with Gasteiger partial charge in [-0.2, -0.15) is 0 Å². The maximum Gasteiger partial charge on any atom is 0.113 e. The molecule has 0 saturated carbocycles. The Balaban J connectivity index is 2.50. The number of nitrogens with one attached hydrogen (secondary N) is 1. The van der Waals surface area contributed by atoms with Gasteiger partial charge in [-0.3, -0.25) is 0 Å². The van der Waals surface area contributed by atoms with Gasteiger partial charge in [-0.05, 0) is 44.0 Å². The number of thiophene rings is 1. The molecule has 1 N–H and O–H groups in total. The highest BCUT2D eigenvalue weighted by atomic mass is 79.9. The summed E-state index contributed by atoms with van der Waals surface area (Å²) in [4.78, 5) is 8.31. The van der Waals surface area contributed by atoms with Crippen molar-refractivity contribution in [3.8, 4) is 10.6 Å². The van der Waals surface area contributed by atoms with Crippen molar-refractivity contribution in [2.75, 3.05) is 0 Å². The van der Waals surface area contributed by atoms with Crippen LogP contribution in [0.25, 0.3) is 10.6 Å². The van der Waals surface area contributed by atoms with Crippen molar-refractivity contribution in [2.24, 2.45) is 0 Å². The summed E-state index contributed by atoms with van der Waals surface area (Å²) in [6.45, 7) is 0. The molecular formula is C7H4Br2N2S. The number of nitrogens with zero attached hydrogens (tertiary/aromatic N) is 1. The molecule has 0 unspecified atom stereocenters. The Morgan fingerprint density at radius 3 is 2.67 bits per heavy atom. The lowest BCUT2D eigenvalue weighted by Gasteiger charge is -1.89. The minimum absolute atomic E-state index is 0.928. The van der Waals surface area contributed by atoms with E-state index in [0.29, 0.717) is 0 Å². The number of hydrogen-bond donors (Lipinski definition) is 1. The van der Waals surface area contributed by atoms with Gasteiger partial charge in [0.15, 0.2) is 0 Å². The van der Waals surface area contributed by atoms with Crippen LogP contribution in [0, 0.1) is 0 Å². The second-order valence-corrected chi connectivity index (χ2v) is 5.42. The third-order valence-electron chi connectivity index (χ3n) is 1.40. The van der Waals surface area contributed by atoms with Crippen LogP contribution < -0.4 is 0 Å². The molecule has 0 radical (unpaired) electrons. The molecule has 0 aliphatic carbocycles. The van der Waals surface area contributed by atoms with Crippen LogP contribution >= 0.6 is 43.2 Å². The first-order valence-electron chi connectivity index (χ1n) is 3.22. The largest absolute Gasteiger partial charge is 0.339 e. The molecule has 2 rings (SSSR count). The van der Waals surface area contributed by atoms with Gasteiger partial charge in [0.1, 0.15) is 10.3 Å². The predicted molar refractivity (Wildman–Crippen MR) is 57.3 cm³/mol. The number of H-pyrrole nitrogens is 1. The molecule has 0 aromatic carbocycles. The van der Waals surface area contributed by atoms with Gasteiger partial charge < -0.3 is 4.98 Å². The van der Waals surface area contributed by atoms with Crippen LogP contribution in [0.4, 0.5) is 0 Å². The predicted octanol–water partition coefficient (Wildman–Crippen LogP) is 3.66. The fourth-order valence-corrected chi connectivity index (χ4v) is 2.83. The monoisotopic (exact) mass is 306 g/mol. The van der Waals surface area contributed by atoms with Crippen LogP contribution in [0.2, 0.25) is 0 Å². The van der Waals surface area contributed by atoms with E-state index in [2.05, 4.69) is 41.8 Å². The Bertz CT molecular complexity index is 394. The molecule has 2 heterocycles. The van der Waals surface area contributed by atoms with E-state index in [9.17, 15) is 0 Å². The highest BCUT2D eigenvalue weighted by molar-refractivity contribution is 9.11. The highest BCUT2D eigenvalue weighted by Gasteiger charge is 2.07. The third-order valence-corrected chi connectivity index (χ3v) is 3.63. The molecule has 0 bridgehead atoms. The van der Waals surface area contributed by atoms with Gasteiger partial charge in [-0.15, -0.1) is 11.3 Å². The summed E-state index contributed by atoms with van der Waals surface area (Å²) in [5.74, 6) is 0. The second kappa shape index (κ2) is 3.32. The molecule has 12 heavy (non-hydrogen) atoms. The average molecular weight is 308 g/mol. The Hall–Kier alpha value is -0.130. The number of aromatic amines is 1. The van der Waals surface area contributed by atoms with Crippen molar-refractivity contribution >= 4 is 43.2 Å². The lowest BCUT2D eigenvalue weighted by molar-refractivity contribution is 1.30. The maximum absolute atomic E-state index is 4.19. The van der Waals surface area contributed by atoms with Gasteiger partial charge in [0.2, 0.25) is 0 Å². The molecule has 2 aromatic rings. The van der Waals surface area contributed by atoms with E-state index in [1.54, 1.807) is 17.7 Å².